The second-order valence-corrected chi connectivity index (χ2v) is 5.28. The van der Waals surface area contributed by atoms with Crippen LogP contribution in [0.15, 0.2) is 54.6 Å². The molecule has 0 bridgehead atoms. The molecular weight excluding hydrogens is 306 g/mol. The highest BCUT2D eigenvalue weighted by Crippen LogP contribution is 2.23. The average molecular weight is 319 g/mol. The van der Waals surface area contributed by atoms with Gasteiger partial charge < -0.3 is 15.4 Å². The second-order valence-electron chi connectivity index (χ2n) is 5.28. The van der Waals surface area contributed by atoms with Crippen LogP contribution in [0.1, 0.15) is 10.5 Å². The number of nitrogens with one attached hydrogen (secondary N) is 3. The van der Waals surface area contributed by atoms with E-state index in [1.165, 1.54) is 6.07 Å². The predicted octanol–water partition coefficient (Wildman–Crippen LogP) is 3.39. The predicted molar refractivity (Wildman–Crippen MR) is 90.4 cm³/mol. The number of para-hydroxylation sites is 2. The molecule has 0 amide bonds. The van der Waals surface area contributed by atoms with Gasteiger partial charge in [-0.3, -0.25) is 5.10 Å². The summed E-state index contributed by atoms with van der Waals surface area (Å²) in [4.78, 5) is 18.7. The number of hydrogen-bond donors (Lipinski definition) is 4. The number of aromatic amines is 2. The van der Waals surface area contributed by atoms with Gasteiger partial charge in [0.1, 0.15) is 11.5 Å². The molecule has 0 spiro atoms. The molecule has 2 aromatic carbocycles. The van der Waals surface area contributed by atoms with Gasteiger partial charge in [0.05, 0.1) is 11.0 Å². The number of carbonyl (C=O) groups is 1. The molecule has 0 unspecified atom stereocenters. The average Bonchev–Trinajstić information content (AvgIpc) is 3.22. The first-order valence-electron chi connectivity index (χ1n) is 7.30. The molecule has 0 aliphatic heterocycles. The van der Waals surface area contributed by atoms with Crippen molar-refractivity contribution >= 4 is 28.5 Å². The van der Waals surface area contributed by atoms with Gasteiger partial charge in [-0.1, -0.05) is 12.1 Å². The van der Waals surface area contributed by atoms with Gasteiger partial charge in [-0.2, -0.15) is 5.10 Å². The third-order valence-corrected chi connectivity index (χ3v) is 3.63. The van der Waals surface area contributed by atoms with Crippen molar-refractivity contribution in [3.05, 3.63) is 60.3 Å². The molecular formula is C17H13N5O2. The molecule has 2 heterocycles. The fourth-order valence-corrected chi connectivity index (χ4v) is 2.44. The monoisotopic (exact) mass is 319 g/mol. The van der Waals surface area contributed by atoms with E-state index in [9.17, 15) is 4.79 Å². The summed E-state index contributed by atoms with van der Waals surface area (Å²) in [6.45, 7) is 0. The first-order valence-corrected chi connectivity index (χ1v) is 7.30. The molecule has 0 atom stereocenters. The second kappa shape index (κ2) is 5.54. The Kier molecular flexibility index (Phi) is 3.24. The number of fused-ring (bicyclic) bond motifs is 1. The van der Waals surface area contributed by atoms with E-state index in [2.05, 4.69) is 25.5 Å². The summed E-state index contributed by atoms with van der Waals surface area (Å²) < 4.78 is 0. The van der Waals surface area contributed by atoms with Gasteiger partial charge in [0.15, 0.2) is 5.82 Å². The van der Waals surface area contributed by atoms with E-state index >= 15 is 0 Å². The minimum absolute atomic E-state index is 0.0383. The molecule has 0 aliphatic carbocycles. The van der Waals surface area contributed by atoms with Gasteiger partial charge in [-0.15, -0.1) is 0 Å². The van der Waals surface area contributed by atoms with Crippen molar-refractivity contribution in [3.63, 3.8) is 0 Å². The molecule has 4 aromatic rings. The van der Waals surface area contributed by atoms with Crippen LogP contribution in [0.4, 0.5) is 11.5 Å². The van der Waals surface area contributed by atoms with Crippen LogP contribution in [0, 0.1) is 0 Å². The molecule has 118 valence electrons. The first kappa shape index (κ1) is 14.0. The lowest BCUT2D eigenvalue weighted by atomic mass is 10.2. The van der Waals surface area contributed by atoms with E-state index < -0.39 is 5.97 Å². The third kappa shape index (κ3) is 2.58. The van der Waals surface area contributed by atoms with Crippen LogP contribution in [-0.2, 0) is 0 Å². The number of benzene rings is 2. The summed E-state index contributed by atoms with van der Waals surface area (Å²) >= 11 is 0. The number of carboxylic acids is 1. The van der Waals surface area contributed by atoms with Gasteiger partial charge >= 0.3 is 5.97 Å². The fourth-order valence-electron chi connectivity index (χ4n) is 2.44. The number of H-pyrrole nitrogens is 2. The summed E-state index contributed by atoms with van der Waals surface area (Å²) in [6.07, 6.45) is 0. The smallest absolute Gasteiger partial charge is 0.353 e. The van der Waals surface area contributed by atoms with Gasteiger partial charge in [0.2, 0.25) is 0 Å². The van der Waals surface area contributed by atoms with Crippen LogP contribution in [0.25, 0.3) is 22.4 Å². The quantitative estimate of drug-likeness (QED) is 0.461. The molecule has 0 radical (unpaired) electrons. The Morgan fingerprint density at radius 3 is 2.58 bits per heavy atom. The van der Waals surface area contributed by atoms with Crippen molar-refractivity contribution in [2.24, 2.45) is 0 Å². The van der Waals surface area contributed by atoms with E-state index in [1.807, 2.05) is 48.5 Å². The molecule has 0 saturated heterocycles. The number of aromatic nitrogens is 4. The minimum atomic E-state index is -1.05. The molecule has 7 nitrogen and oxygen atoms in total. The lowest BCUT2D eigenvalue weighted by Crippen LogP contribution is -1.95. The first-order chi connectivity index (χ1) is 11.7. The lowest BCUT2D eigenvalue weighted by Gasteiger charge is -2.03. The molecule has 24 heavy (non-hydrogen) atoms. The van der Waals surface area contributed by atoms with Crippen molar-refractivity contribution in [1.29, 1.82) is 0 Å². The number of imidazole rings is 1. The summed E-state index contributed by atoms with van der Waals surface area (Å²) in [5.41, 5.74) is 3.72. The van der Waals surface area contributed by atoms with Crippen LogP contribution < -0.4 is 5.32 Å². The summed E-state index contributed by atoms with van der Waals surface area (Å²) in [7, 11) is 0. The van der Waals surface area contributed by atoms with Gasteiger partial charge in [0.25, 0.3) is 0 Å². The van der Waals surface area contributed by atoms with Crippen molar-refractivity contribution in [1.82, 2.24) is 20.2 Å². The zero-order valence-electron chi connectivity index (χ0n) is 12.4. The van der Waals surface area contributed by atoms with Crippen LogP contribution in [-0.4, -0.2) is 31.2 Å². The Morgan fingerprint density at radius 2 is 1.88 bits per heavy atom. The molecule has 2 aromatic heterocycles. The molecule has 4 N–H and O–H groups in total. The largest absolute Gasteiger partial charge is 0.477 e. The Balaban J connectivity index is 1.56. The van der Waals surface area contributed by atoms with E-state index in [-0.39, 0.29) is 5.69 Å². The number of aromatic carboxylic acids is 1. The lowest BCUT2D eigenvalue weighted by molar-refractivity contribution is 0.0690. The Hall–Kier alpha value is -3.61. The maximum atomic E-state index is 10.8. The van der Waals surface area contributed by atoms with Crippen molar-refractivity contribution in [2.75, 3.05) is 5.32 Å². The minimum Gasteiger partial charge on any atom is -0.477 e. The topological polar surface area (TPSA) is 107 Å². The normalized spacial score (nSPS) is 10.8. The number of carboxylic acid groups (broad SMARTS) is 1. The zero-order valence-corrected chi connectivity index (χ0v) is 12.4. The highest BCUT2D eigenvalue weighted by Gasteiger charge is 2.08. The summed E-state index contributed by atoms with van der Waals surface area (Å²) in [6, 6.07) is 16.9. The fraction of sp³-hybridized carbons (Fsp3) is 0. The van der Waals surface area contributed by atoms with E-state index in [4.69, 9.17) is 5.11 Å². The number of nitrogens with zero attached hydrogens (tertiary/aromatic N) is 2. The Morgan fingerprint density at radius 1 is 1.08 bits per heavy atom. The molecule has 0 fully saturated rings. The van der Waals surface area contributed by atoms with Gasteiger partial charge in [-0.25, -0.2) is 9.78 Å². The molecule has 4 rings (SSSR count). The maximum Gasteiger partial charge on any atom is 0.353 e. The highest BCUT2D eigenvalue weighted by atomic mass is 16.4. The standard InChI is InChI=1S/C17H13N5O2/c23-17(24)14-9-15(22-21-14)18-11-7-5-10(6-8-11)16-19-12-3-1-2-4-13(12)20-16/h1-9H,(H,19,20)(H,23,24)(H2,18,21,22). The van der Waals surface area contributed by atoms with Crippen LogP contribution in [0.3, 0.4) is 0 Å². The van der Waals surface area contributed by atoms with Crippen LogP contribution >= 0.6 is 0 Å². The van der Waals surface area contributed by atoms with Gasteiger partial charge in [-0.05, 0) is 36.4 Å². The number of rotatable bonds is 4. The van der Waals surface area contributed by atoms with E-state index in [0.29, 0.717) is 5.82 Å². The van der Waals surface area contributed by atoms with Crippen molar-refractivity contribution < 1.29 is 9.90 Å². The molecule has 7 heteroatoms. The molecule has 0 aliphatic rings. The Labute approximate surface area is 136 Å². The van der Waals surface area contributed by atoms with Crippen molar-refractivity contribution in [3.8, 4) is 11.4 Å². The maximum absolute atomic E-state index is 10.8. The van der Waals surface area contributed by atoms with E-state index in [0.717, 1.165) is 28.1 Å². The van der Waals surface area contributed by atoms with E-state index in [1.54, 1.807) is 0 Å². The highest BCUT2D eigenvalue weighted by molar-refractivity contribution is 5.86. The summed E-state index contributed by atoms with van der Waals surface area (Å²) in [5, 5.41) is 18.3. The van der Waals surface area contributed by atoms with Crippen molar-refractivity contribution in [2.45, 2.75) is 0 Å². The van der Waals surface area contributed by atoms with Gasteiger partial charge in [0, 0.05) is 17.3 Å². The zero-order chi connectivity index (χ0) is 16.5. The number of hydrogen-bond acceptors (Lipinski definition) is 4. The molecule has 0 saturated carbocycles. The number of anilines is 2. The Bertz CT molecular complexity index is 984. The summed E-state index contributed by atoms with van der Waals surface area (Å²) in [5.74, 6) is 0.204. The SMILES string of the molecule is O=C(O)c1cc(Nc2ccc(-c3nc4ccccc4[nH]3)cc2)n[nH]1. The third-order valence-electron chi connectivity index (χ3n) is 3.63. The van der Waals surface area contributed by atoms with Crippen LogP contribution in [0.2, 0.25) is 0 Å². The van der Waals surface area contributed by atoms with Crippen LogP contribution in [0.5, 0.6) is 0 Å².